The van der Waals surface area contributed by atoms with E-state index in [1.807, 2.05) is 0 Å². The van der Waals surface area contributed by atoms with Crippen LogP contribution in [0.1, 0.15) is 33.1 Å². The van der Waals surface area contributed by atoms with Gasteiger partial charge in [0.15, 0.2) is 0 Å². The van der Waals surface area contributed by atoms with E-state index in [9.17, 15) is 4.79 Å². The number of hydrogen-bond acceptors (Lipinski definition) is 1. The van der Waals surface area contributed by atoms with Gasteiger partial charge >= 0.3 is 0 Å². The van der Waals surface area contributed by atoms with Crippen LogP contribution >= 0.6 is 0 Å². The summed E-state index contributed by atoms with van der Waals surface area (Å²) in [7, 11) is 0. The zero-order valence-corrected chi connectivity index (χ0v) is 7.39. The fourth-order valence-electron chi connectivity index (χ4n) is 1.57. The normalized spacial score (nSPS) is 27.8. The third kappa shape index (κ3) is 2.21. The molecule has 0 spiro atoms. The van der Waals surface area contributed by atoms with E-state index in [2.05, 4.69) is 19.2 Å². The Kier molecular flexibility index (Phi) is 2.92. The molecule has 2 atom stereocenters. The van der Waals surface area contributed by atoms with Gasteiger partial charge < -0.3 is 5.32 Å². The van der Waals surface area contributed by atoms with E-state index in [1.54, 1.807) is 0 Å². The minimum absolute atomic E-state index is 0.226. The van der Waals surface area contributed by atoms with Crippen LogP contribution in [0.15, 0.2) is 0 Å². The predicted molar refractivity (Wildman–Crippen MR) is 45.2 cm³/mol. The van der Waals surface area contributed by atoms with E-state index in [-0.39, 0.29) is 5.91 Å². The Labute approximate surface area is 68.4 Å². The van der Waals surface area contributed by atoms with Crippen LogP contribution in [0.25, 0.3) is 0 Å². The van der Waals surface area contributed by atoms with Crippen molar-refractivity contribution in [3.8, 4) is 0 Å². The van der Waals surface area contributed by atoms with Gasteiger partial charge in [0, 0.05) is 13.0 Å². The molecule has 1 aliphatic heterocycles. The Morgan fingerprint density at radius 1 is 1.73 bits per heavy atom. The van der Waals surface area contributed by atoms with E-state index in [4.69, 9.17) is 0 Å². The molecule has 1 rings (SSSR count). The van der Waals surface area contributed by atoms with Crippen molar-refractivity contribution in [1.82, 2.24) is 5.32 Å². The zero-order chi connectivity index (χ0) is 8.27. The zero-order valence-electron chi connectivity index (χ0n) is 7.39. The molecule has 0 aromatic rings. The van der Waals surface area contributed by atoms with Crippen molar-refractivity contribution in [2.45, 2.75) is 33.1 Å². The van der Waals surface area contributed by atoms with E-state index < -0.39 is 0 Å². The molecule has 2 unspecified atom stereocenters. The minimum atomic E-state index is 0.226. The highest BCUT2D eigenvalue weighted by Gasteiger charge is 2.21. The number of rotatable bonds is 2. The van der Waals surface area contributed by atoms with Crippen LogP contribution < -0.4 is 5.32 Å². The highest BCUT2D eigenvalue weighted by molar-refractivity contribution is 5.76. The molecule has 0 aromatic heterocycles. The van der Waals surface area contributed by atoms with Crippen molar-refractivity contribution in [1.29, 1.82) is 0 Å². The van der Waals surface area contributed by atoms with Gasteiger partial charge in [-0.15, -0.1) is 0 Å². The van der Waals surface area contributed by atoms with Crippen molar-refractivity contribution in [2.75, 3.05) is 6.54 Å². The molecule has 64 valence electrons. The fourth-order valence-corrected chi connectivity index (χ4v) is 1.57. The topological polar surface area (TPSA) is 29.1 Å². The third-order valence-corrected chi connectivity index (χ3v) is 2.75. The average Bonchev–Trinajstić information content (AvgIpc) is 2.05. The van der Waals surface area contributed by atoms with Gasteiger partial charge in [-0.2, -0.15) is 0 Å². The van der Waals surface area contributed by atoms with Crippen LogP contribution in [0.4, 0.5) is 0 Å². The highest BCUT2D eigenvalue weighted by Crippen LogP contribution is 2.22. The molecular formula is C9H17NO. The van der Waals surface area contributed by atoms with Crippen molar-refractivity contribution in [3.05, 3.63) is 0 Å². The van der Waals surface area contributed by atoms with Crippen LogP contribution in [0.2, 0.25) is 0 Å². The number of amides is 1. The molecule has 0 radical (unpaired) electrons. The quantitative estimate of drug-likeness (QED) is 0.644. The molecule has 1 heterocycles. The molecule has 1 amide bonds. The number of carbonyl (C=O) groups excluding carboxylic acids is 1. The lowest BCUT2D eigenvalue weighted by Crippen LogP contribution is -2.37. The monoisotopic (exact) mass is 155 g/mol. The van der Waals surface area contributed by atoms with Crippen LogP contribution in [0.5, 0.6) is 0 Å². The van der Waals surface area contributed by atoms with Crippen molar-refractivity contribution in [2.24, 2.45) is 11.8 Å². The van der Waals surface area contributed by atoms with Gasteiger partial charge in [-0.1, -0.05) is 20.3 Å². The Bertz CT molecular complexity index is 134. The van der Waals surface area contributed by atoms with E-state index in [0.717, 1.165) is 31.2 Å². The van der Waals surface area contributed by atoms with Gasteiger partial charge in [0.1, 0.15) is 0 Å². The lowest BCUT2D eigenvalue weighted by Gasteiger charge is -2.26. The van der Waals surface area contributed by atoms with Crippen LogP contribution in [0, 0.1) is 11.8 Å². The van der Waals surface area contributed by atoms with Gasteiger partial charge in [-0.25, -0.2) is 0 Å². The highest BCUT2D eigenvalue weighted by atomic mass is 16.1. The largest absolute Gasteiger partial charge is 0.356 e. The van der Waals surface area contributed by atoms with E-state index in [0.29, 0.717) is 0 Å². The molecule has 0 aliphatic carbocycles. The summed E-state index contributed by atoms with van der Waals surface area (Å²) in [6, 6.07) is 0. The van der Waals surface area contributed by atoms with Gasteiger partial charge in [-0.3, -0.25) is 4.79 Å². The fraction of sp³-hybridized carbons (Fsp3) is 0.889. The Balaban J connectivity index is 2.32. The smallest absolute Gasteiger partial charge is 0.220 e. The van der Waals surface area contributed by atoms with Crippen LogP contribution in [-0.2, 0) is 4.79 Å². The van der Waals surface area contributed by atoms with Gasteiger partial charge in [0.25, 0.3) is 0 Å². The second-order valence-electron chi connectivity index (χ2n) is 3.49. The van der Waals surface area contributed by atoms with Crippen molar-refractivity contribution >= 4 is 5.91 Å². The standard InChI is InChI=1S/C9H17NO/c1-3-7(2)8-4-5-9(11)10-6-8/h7-8H,3-6H2,1-2H3,(H,10,11). The molecule has 2 heteroatoms. The summed E-state index contributed by atoms with van der Waals surface area (Å²) in [5.41, 5.74) is 0. The third-order valence-electron chi connectivity index (χ3n) is 2.75. The summed E-state index contributed by atoms with van der Waals surface area (Å²) >= 11 is 0. The van der Waals surface area contributed by atoms with Gasteiger partial charge in [0.2, 0.25) is 5.91 Å². The van der Waals surface area contributed by atoms with Gasteiger partial charge in [-0.05, 0) is 18.3 Å². The first-order chi connectivity index (χ1) is 5.24. The SMILES string of the molecule is CCC(C)C1CCC(=O)NC1. The summed E-state index contributed by atoms with van der Waals surface area (Å²) in [6.07, 6.45) is 3.04. The lowest BCUT2D eigenvalue weighted by molar-refractivity contribution is -0.123. The first-order valence-electron chi connectivity index (χ1n) is 4.50. The second kappa shape index (κ2) is 3.74. The molecule has 11 heavy (non-hydrogen) atoms. The lowest BCUT2D eigenvalue weighted by atomic mass is 9.86. The molecule has 1 fully saturated rings. The molecule has 1 aliphatic rings. The summed E-state index contributed by atoms with van der Waals surface area (Å²) in [5.74, 6) is 1.71. The number of piperidine rings is 1. The summed E-state index contributed by atoms with van der Waals surface area (Å²) < 4.78 is 0. The van der Waals surface area contributed by atoms with Gasteiger partial charge in [0.05, 0.1) is 0 Å². The van der Waals surface area contributed by atoms with Crippen LogP contribution in [-0.4, -0.2) is 12.5 Å². The van der Waals surface area contributed by atoms with Crippen molar-refractivity contribution < 1.29 is 4.79 Å². The average molecular weight is 155 g/mol. The molecule has 0 bridgehead atoms. The number of nitrogens with one attached hydrogen (secondary N) is 1. The molecule has 0 aromatic carbocycles. The molecule has 1 saturated heterocycles. The summed E-state index contributed by atoms with van der Waals surface area (Å²) in [4.78, 5) is 10.8. The van der Waals surface area contributed by atoms with E-state index >= 15 is 0 Å². The molecule has 2 nitrogen and oxygen atoms in total. The maximum absolute atomic E-state index is 10.8. The van der Waals surface area contributed by atoms with Crippen LogP contribution in [0.3, 0.4) is 0 Å². The Hall–Kier alpha value is -0.530. The number of carbonyl (C=O) groups is 1. The molecule has 0 saturated carbocycles. The molecular weight excluding hydrogens is 138 g/mol. The maximum atomic E-state index is 10.8. The first kappa shape index (κ1) is 8.57. The minimum Gasteiger partial charge on any atom is -0.356 e. The van der Waals surface area contributed by atoms with Crippen molar-refractivity contribution in [3.63, 3.8) is 0 Å². The first-order valence-corrected chi connectivity index (χ1v) is 4.50. The second-order valence-corrected chi connectivity index (χ2v) is 3.49. The number of hydrogen-bond donors (Lipinski definition) is 1. The summed E-state index contributed by atoms with van der Waals surface area (Å²) in [6.45, 7) is 5.37. The molecule has 1 N–H and O–H groups in total. The Morgan fingerprint density at radius 2 is 2.45 bits per heavy atom. The summed E-state index contributed by atoms with van der Waals surface area (Å²) in [5, 5.41) is 2.91. The Morgan fingerprint density at radius 3 is 2.91 bits per heavy atom. The maximum Gasteiger partial charge on any atom is 0.220 e. The predicted octanol–water partition coefficient (Wildman–Crippen LogP) is 1.56. The van der Waals surface area contributed by atoms with E-state index in [1.165, 1.54) is 6.42 Å².